The van der Waals surface area contributed by atoms with E-state index < -0.39 is 0 Å². The number of piperidine rings is 1. The number of carbonyl (C=O) groups excluding carboxylic acids is 1. The zero-order valence-electron chi connectivity index (χ0n) is 10.3. The minimum absolute atomic E-state index is 0.0243. The number of carbonyl (C=O) groups is 1. The van der Waals surface area contributed by atoms with E-state index in [0.717, 1.165) is 6.54 Å². The molecule has 0 spiro atoms. The van der Waals surface area contributed by atoms with Gasteiger partial charge >= 0.3 is 0 Å². The van der Waals surface area contributed by atoms with Crippen molar-refractivity contribution in [3.8, 4) is 6.07 Å². The van der Waals surface area contributed by atoms with E-state index in [4.69, 9.17) is 23.2 Å². The zero-order valence-corrected chi connectivity index (χ0v) is 11.1. The minimum Gasteiger partial charge on any atom is -0.389 e. The molecule has 1 rings (SSSR count). The number of hydrogen-bond acceptors (Lipinski definition) is 4. The summed E-state index contributed by atoms with van der Waals surface area (Å²) in [6.45, 7) is 4.62. The Labute approximate surface area is 107 Å². The molecule has 1 aliphatic rings. The highest BCUT2D eigenvalue weighted by Crippen LogP contribution is 2.25. The van der Waals surface area contributed by atoms with Gasteiger partial charge < -0.3 is 10.6 Å². The van der Waals surface area contributed by atoms with Crippen molar-refractivity contribution in [2.24, 2.45) is 17.6 Å². The number of Topliss-reactive ketones (excluding diaryl/α,β-unsaturated/α-hetero) is 1. The van der Waals surface area contributed by atoms with Crippen LogP contribution in [0.5, 0.6) is 0 Å². The topological polar surface area (TPSA) is 70.1 Å². The zero-order chi connectivity index (χ0) is 13.2. The van der Waals surface area contributed by atoms with E-state index in [1.54, 1.807) is 6.08 Å². The van der Waals surface area contributed by atoms with Crippen molar-refractivity contribution < 1.29 is 4.79 Å². The quantitative estimate of drug-likeness (QED) is 0.448. The highest BCUT2D eigenvalue weighted by molar-refractivity contribution is 7.80. The summed E-state index contributed by atoms with van der Waals surface area (Å²) in [6, 6.07) is 2.01. The highest BCUT2D eigenvalue weighted by atomic mass is 32.1. The van der Waals surface area contributed by atoms with Gasteiger partial charge in [0.05, 0.1) is 11.5 Å². The van der Waals surface area contributed by atoms with Gasteiger partial charge in [-0.2, -0.15) is 5.26 Å². The average Bonchev–Trinajstić information content (AvgIpc) is 2.26. The summed E-state index contributed by atoms with van der Waals surface area (Å²) in [7, 11) is 1.97. The number of nitriles is 1. The third-order valence-corrected chi connectivity index (χ3v) is 3.54. The number of rotatable bonds is 2. The van der Waals surface area contributed by atoms with E-state index in [9.17, 15) is 4.79 Å². The van der Waals surface area contributed by atoms with Gasteiger partial charge in [0, 0.05) is 18.5 Å². The molecule has 0 amide bonds. The highest BCUT2D eigenvalue weighted by Gasteiger charge is 2.35. The molecular weight excluding hydrogens is 234 g/mol. The molecule has 0 aromatic carbocycles. The smallest absolute Gasteiger partial charge is 0.145 e. The summed E-state index contributed by atoms with van der Waals surface area (Å²) in [6.07, 6.45) is 1.61. The van der Waals surface area contributed by atoms with Gasteiger partial charge in [-0.15, -0.1) is 0 Å². The Kier molecular flexibility index (Phi) is 4.38. The fraction of sp³-hybridized carbons (Fsp3) is 0.583. The number of likely N-dealkylation sites (tertiary alicyclic amines) is 1. The molecule has 1 saturated heterocycles. The van der Waals surface area contributed by atoms with Crippen LogP contribution in [0.25, 0.3) is 0 Å². The Hall–Kier alpha value is -1.25. The van der Waals surface area contributed by atoms with Crippen LogP contribution in [0.3, 0.4) is 0 Å². The molecule has 92 valence electrons. The van der Waals surface area contributed by atoms with E-state index >= 15 is 0 Å². The Balaban J connectivity index is 3.05. The lowest BCUT2D eigenvalue weighted by Gasteiger charge is -2.37. The van der Waals surface area contributed by atoms with Gasteiger partial charge in [-0.1, -0.05) is 25.2 Å². The lowest BCUT2D eigenvalue weighted by molar-refractivity contribution is -0.130. The molecule has 5 heteroatoms. The molecule has 0 aromatic rings. The normalized spacial score (nSPS) is 31.1. The first kappa shape index (κ1) is 13.8. The molecule has 4 nitrogen and oxygen atoms in total. The summed E-state index contributed by atoms with van der Waals surface area (Å²) >= 11 is 4.78. The van der Waals surface area contributed by atoms with Crippen molar-refractivity contribution in [3.63, 3.8) is 0 Å². The molecule has 0 aliphatic carbocycles. The van der Waals surface area contributed by atoms with E-state index in [1.165, 1.54) is 0 Å². The van der Waals surface area contributed by atoms with Crippen molar-refractivity contribution in [3.05, 3.63) is 11.6 Å². The van der Waals surface area contributed by atoms with Gasteiger partial charge in [-0.25, -0.2) is 0 Å². The van der Waals surface area contributed by atoms with Gasteiger partial charge in [0.1, 0.15) is 16.8 Å². The number of hydrogen-bond donors (Lipinski definition) is 1. The molecule has 0 aromatic heterocycles. The summed E-state index contributed by atoms with van der Waals surface area (Å²) in [5, 5.41) is 8.92. The molecule has 2 N–H and O–H groups in total. The predicted molar refractivity (Wildman–Crippen MR) is 70.2 cm³/mol. The molecule has 3 atom stereocenters. The number of nitrogens with zero attached hydrogens (tertiary/aromatic N) is 2. The lowest BCUT2D eigenvalue weighted by Crippen LogP contribution is -2.49. The molecule has 1 fully saturated rings. The molecule has 17 heavy (non-hydrogen) atoms. The maximum absolute atomic E-state index is 12.1. The van der Waals surface area contributed by atoms with Gasteiger partial charge in [-0.3, -0.25) is 4.79 Å². The minimum atomic E-state index is -0.306. The van der Waals surface area contributed by atoms with Crippen molar-refractivity contribution in [2.75, 3.05) is 13.6 Å². The summed E-state index contributed by atoms with van der Waals surface area (Å²) in [5.74, 6) is -0.178. The largest absolute Gasteiger partial charge is 0.389 e. The van der Waals surface area contributed by atoms with Crippen LogP contribution in [0.1, 0.15) is 13.8 Å². The van der Waals surface area contributed by atoms with E-state index in [2.05, 4.69) is 4.90 Å². The number of nitrogens with two attached hydrogens (primary N) is 1. The second kappa shape index (κ2) is 5.39. The Bertz CT molecular complexity index is 410. The van der Waals surface area contributed by atoms with Crippen molar-refractivity contribution >= 4 is 23.0 Å². The van der Waals surface area contributed by atoms with Crippen molar-refractivity contribution in [2.45, 2.75) is 19.9 Å². The molecule has 1 heterocycles. The standard InChI is InChI=1S/C12H17N3OS/c1-7-6-15(3)8(2)10(11(7)16)4-9(5-13)12(14)17/h4,7-8,10H,6H2,1-3H3,(H2,14,17)/b9-4+/t7-,8-,10-/m1/s1. The second-order valence-electron chi connectivity index (χ2n) is 4.57. The monoisotopic (exact) mass is 251 g/mol. The van der Waals surface area contributed by atoms with E-state index in [0.29, 0.717) is 0 Å². The number of thiocarbonyl (C=S) groups is 1. The van der Waals surface area contributed by atoms with Crippen LogP contribution < -0.4 is 5.73 Å². The van der Waals surface area contributed by atoms with E-state index in [-0.39, 0.29) is 34.2 Å². The van der Waals surface area contributed by atoms with E-state index in [1.807, 2.05) is 27.0 Å². The third kappa shape index (κ3) is 2.90. The fourth-order valence-electron chi connectivity index (χ4n) is 2.10. The molecule has 0 bridgehead atoms. The summed E-state index contributed by atoms with van der Waals surface area (Å²) in [5.41, 5.74) is 5.67. The maximum Gasteiger partial charge on any atom is 0.145 e. The predicted octanol–water partition coefficient (Wildman–Crippen LogP) is 0.878. The first-order valence-corrected chi connectivity index (χ1v) is 5.95. The lowest BCUT2D eigenvalue weighted by atomic mass is 9.82. The Morgan fingerprint density at radius 1 is 1.65 bits per heavy atom. The van der Waals surface area contributed by atoms with Crippen LogP contribution in [0, 0.1) is 23.2 Å². The van der Waals surface area contributed by atoms with Gasteiger partial charge in [0.15, 0.2) is 0 Å². The maximum atomic E-state index is 12.1. The summed E-state index contributed by atoms with van der Waals surface area (Å²) < 4.78 is 0. The van der Waals surface area contributed by atoms with Crippen LogP contribution >= 0.6 is 12.2 Å². The van der Waals surface area contributed by atoms with Crippen LogP contribution in [0.2, 0.25) is 0 Å². The van der Waals surface area contributed by atoms with Crippen molar-refractivity contribution in [1.29, 1.82) is 5.26 Å². The molecule has 0 unspecified atom stereocenters. The van der Waals surface area contributed by atoms with Gasteiger partial charge in [0.25, 0.3) is 0 Å². The third-order valence-electron chi connectivity index (χ3n) is 3.32. The van der Waals surface area contributed by atoms with Crippen LogP contribution in [0.15, 0.2) is 11.6 Å². The Morgan fingerprint density at radius 3 is 2.71 bits per heavy atom. The van der Waals surface area contributed by atoms with Crippen LogP contribution in [-0.2, 0) is 4.79 Å². The van der Waals surface area contributed by atoms with Crippen molar-refractivity contribution in [1.82, 2.24) is 4.90 Å². The number of ketones is 1. The molecule has 0 saturated carbocycles. The van der Waals surface area contributed by atoms with Crippen LogP contribution in [-0.4, -0.2) is 35.3 Å². The SMILES string of the molecule is C[C@@H]1CN(C)[C@H](C)[C@@H](/C=C(\C#N)C(N)=S)C1=O. The summed E-state index contributed by atoms with van der Waals surface area (Å²) in [4.78, 5) is 14.3. The van der Waals surface area contributed by atoms with Gasteiger partial charge in [0.2, 0.25) is 0 Å². The average molecular weight is 251 g/mol. The molecule has 1 aliphatic heterocycles. The first-order valence-electron chi connectivity index (χ1n) is 5.54. The first-order chi connectivity index (χ1) is 7.88. The van der Waals surface area contributed by atoms with Crippen LogP contribution in [0.4, 0.5) is 0 Å². The second-order valence-corrected chi connectivity index (χ2v) is 5.01. The Morgan fingerprint density at radius 2 is 2.24 bits per heavy atom. The molecule has 0 radical (unpaired) electrons. The fourth-order valence-corrected chi connectivity index (χ4v) is 2.22. The van der Waals surface area contributed by atoms with Gasteiger partial charge in [-0.05, 0) is 14.0 Å². The molecular formula is C12H17N3OS.